The maximum Gasteiger partial charge on any atom is 0.0703 e. The van der Waals surface area contributed by atoms with Crippen molar-refractivity contribution in [1.82, 2.24) is 0 Å². The topological polar surface area (TPSA) is 60.7 Å². The van der Waals surface area contributed by atoms with Gasteiger partial charge in [0.1, 0.15) is 0 Å². The summed E-state index contributed by atoms with van der Waals surface area (Å²) in [5.74, 6) is 0. The lowest BCUT2D eigenvalue weighted by Crippen LogP contribution is -1.95. The molecule has 76 valence electrons. The van der Waals surface area contributed by atoms with Gasteiger partial charge in [-0.05, 0) is 35.8 Å². The molecule has 0 aliphatic carbocycles. The molecule has 1 aliphatic rings. The Morgan fingerprint density at radius 3 is 2.71 bits per heavy atom. The van der Waals surface area contributed by atoms with Gasteiger partial charge in [-0.15, -0.1) is 10.6 Å². The van der Waals surface area contributed by atoms with Crippen LogP contribution in [0.1, 0.15) is 11.1 Å². The molecule has 0 fully saturated rings. The molecule has 2 rings (SSSR count). The van der Waals surface area contributed by atoms with Gasteiger partial charge in [0.2, 0.25) is 0 Å². The first-order valence-corrected chi connectivity index (χ1v) is 5.94. The summed E-state index contributed by atoms with van der Waals surface area (Å²) in [5.41, 5.74) is 1.85. The Morgan fingerprint density at radius 1 is 1.21 bits per heavy atom. The highest BCUT2D eigenvalue weighted by Gasteiger charge is 2.20. The van der Waals surface area contributed by atoms with E-state index in [9.17, 15) is 9.11 Å². The number of benzene rings is 1. The van der Waals surface area contributed by atoms with Gasteiger partial charge in [0.25, 0.3) is 0 Å². The van der Waals surface area contributed by atoms with Crippen LogP contribution in [0.4, 0.5) is 0 Å². The second-order valence-electron chi connectivity index (χ2n) is 3.24. The summed E-state index contributed by atoms with van der Waals surface area (Å²) < 4.78 is 19.1. The molecular formula is C10H12O3S. The molecule has 0 spiro atoms. The predicted octanol–water partition coefficient (Wildman–Crippen LogP) is 2.32. The zero-order chi connectivity index (χ0) is 10.2. The van der Waals surface area contributed by atoms with Crippen LogP contribution >= 0.6 is 10.6 Å². The van der Waals surface area contributed by atoms with Crippen LogP contribution in [0.3, 0.4) is 0 Å². The minimum Gasteiger partial charge on any atom is -0.396 e. The van der Waals surface area contributed by atoms with Gasteiger partial charge in [0.05, 0.1) is 4.90 Å². The molecule has 1 aromatic carbocycles. The van der Waals surface area contributed by atoms with E-state index in [-0.39, 0.29) is 6.61 Å². The van der Waals surface area contributed by atoms with Crippen LogP contribution < -0.4 is 0 Å². The first kappa shape index (κ1) is 9.73. The summed E-state index contributed by atoms with van der Waals surface area (Å²) in [6, 6.07) is 5.41. The summed E-state index contributed by atoms with van der Waals surface area (Å²) >= 11 is 0. The highest BCUT2D eigenvalue weighted by atomic mass is 32.3. The Labute approximate surface area is 84.1 Å². The lowest BCUT2D eigenvalue weighted by molar-refractivity contribution is 0.299. The Hall–Kier alpha value is -0.810. The van der Waals surface area contributed by atoms with Gasteiger partial charge >= 0.3 is 0 Å². The van der Waals surface area contributed by atoms with E-state index < -0.39 is 10.6 Å². The van der Waals surface area contributed by atoms with Crippen LogP contribution in [0.15, 0.2) is 28.5 Å². The Kier molecular flexibility index (Phi) is 2.36. The molecule has 3 N–H and O–H groups in total. The molecule has 0 saturated heterocycles. The van der Waals surface area contributed by atoms with Gasteiger partial charge in [0, 0.05) is 12.0 Å². The molecule has 0 saturated carbocycles. The quantitative estimate of drug-likeness (QED) is 0.705. The molecule has 0 amide bonds. The Balaban J connectivity index is 2.39. The van der Waals surface area contributed by atoms with Crippen LogP contribution in [0.25, 0.3) is 6.08 Å². The molecule has 0 aromatic heterocycles. The van der Waals surface area contributed by atoms with Crippen molar-refractivity contribution in [2.75, 3.05) is 6.61 Å². The minimum atomic E-state index is -2.68. The third-order valence-electron chi connectivity index (χ3n) is 2.24. The standard InChI is InChI=1S/C10H12O3S/c11-5-3-8-1-2-10-9(7-8)4-6-14(10,12)13/h1-2,4,6-7,11-13H,3,5H2. The molecule has 1 aliphatic heterocycles. The molecular weight excluding hydrogens is 200 g/mol. The third kappa shape index (κ3) is 1.57. The van der Waals surface area contributed by atoms with E-state index in [2.05, 4.69) is 0 Å². The maximum absolute atomic E-state index is 9.57. The van der Waals surface area contributed by atoms with Gasteiger partial charge in [-0.25, -0.2) is 0 Å². The second-order valence-corrected chi connectivity index (χ2v) is 5.14. The Morgan fingerprint density at radius 2 is 2.00 bits per heavy atom. The molecule has 0 unspecified atom stereocenters. The molecule has 4 heteroatoms. The average molecular weight is 212 g/mol. The van der Waals surface area contributed by atoms with Crippen molar-refractivity contribution in [3.63, 3.8) is 0 Å². The summed E-state index contributed by atoms with van der Waals surface area (Å²) in [6.07, 6.45) is 2.31. The molecule has 0 bridgehead atoms. The largest absolute Gasteiger partial charge is 0.396 e. The van der Waals surface area contributed by atoms with E-state index in [0.29, 0.717) is 11.3 Å². The van der Waals surface area contributed by atoms with Crippen LogP contribution in [-0.4, -0.2) is 20.8 Å². The number of aliphatic hydroxyl groups is 1. The lowest BCUT2D eigenvalue weighted by Gasteiger charge is -2.25. The first-order valence-electron chi connectivity index (χ1n) is 4.33. The summed E-state index contributed by atoms with van der Waals surface area (Å²) in [4.78, 5) is 0.583. The summed E-state index contributed by atoms with van der Waals surface area (Å²) in [7, 11) is -2.68. The lowest BCUT2D eigenvalue weighted by atomic mass is 10.1. The average Bonchev–Trinajstić information content (AvgIpc) is 2.43. The van der Waals surface area contributed by atoms with Crippen molar-refractivity contribution in [2.24, 2.45) is 0 Å². The summed E-state index contributed by atoms with van der Waals surface area (Å²) in [6.45, 7) is 0.110. The zero-order valence-corrected chi connectivity index (χ0v) is 8.37. The number of aliphatic hydroxyl groups excluding tert-OH is 1. The van der Waals surface area contributed by atoms with E-state index in [1.54, 1.807) is 12.1 Å². The molecule has 1 heterocycles. The van der Waals surface area contributed by atoms with Gasteiger partial charge in [-0.3, -0.25) is 9.11 Å². The minimum absolute atomic E-state index is 0.110. The number of rotatable bonds is 2. The fraction of sp³-hybridized carbons (Fsp3) is 0.200. The number of fused-ring (bicyclic) bond motifs is 1. The van der Waals surface area contributed by atoms with E-state index in [0.717, 1.165) is 11.1 Å². The van der Waals surface area contributed by atoms with Crippen molar-refractivity contribution in [2.45, 2.75) is 11.3 Å². The fourth-order valence-corrected chi connectivity index (χ4v) is 2.75. The number of hydrogen-bond donors (Lipinski definition) is 3. The highest BCUT2D eigenvalue weighted by Crippen LogP contribution is 2.55. The summed E-state index contributed by atoms with van der Waals surface area (Å²) in [5, 5.41) is 10.2. The smallest absolute Gasteiger partial charge is 0.0703 e. The van der Waals surface area contributed by atoms with Gasteiger partial charge < -0.3 is 5.11 Å². The van der Waals surface area contributed by atoms with Crippen molar-refractivity contribution in [3.8, 4) is 0 Å². The normalized spacial score (nSPS) is 19.4. The van der Waals surface area contributed by atoms with E-state index in [1.165, 1.54) is 5.41 Å². The SMILES string of the molecule is OCCc1ccc2c(c1)C=CS2(O)O. The van der Waals surface area contributed by atoms with Crippen molar-refractivity contribution in [1.29, 1.82) is 0 Å². The Bertz CT molecular complexity index is 385. The monoisotopic (exact) mass is 212 g/mol. The number of hydrogen-bond acceptors (Lipinski definition) is 3. The van der Waals surface area contributed by atoms with E-state index in [1.807, 2.05) is 12.1 Å². The predicted molar refractivity (Wildman–Crippen MR) is 57.4 cm³/mol. The molecule has 3 nitrogen and oxygen atoms in total. The van der Waals surface area contributed by atoms with E-state index in [4.69, 9.17) is 5.11 Å². The second kappa shape index (κ2) is 3.40. The molecule has 14 heavy (non-hydrogen) atoms. The third-order valence-corrected chi connectivity index (χ3v) is 3.77. The van der Waals surface area contributed by atoms with Gasteiger partial charge in [-0.2, -0.15) is 0 Å². The molecule has 0 radical (unpaired) electrons. The van der Waals surface area contributed by atoms with Crippen molar-refractivity contribution >= 4 is 16.7 Å². The van der Waals surface area contributed by atoms with Crippen molar-refractivity contribution in [3.05, 3.63) is 34.7 Å². The zero-order valence-electron chi connectivity index (χ0n) is 7.55. The fourth-order valence-electron chi connectivity index (χ4n) is 1.53. The maximum atomic E-state index is 9.57. The first-order chi connectivity index (χ1) is 6.63. The van der Waals surface area contributed by atoms with Crippen LogP contribution in [0, 0.1) is 0 Å². The van der Waals surface area contributed by atoms with Crippen LogP contribution in [0.5, 0.6) is 0 Å². The van der Waals surface area contributed by atoms with Gasteiger partial charge in [-0.1, -0.05) is 6.07 Å². The van der Waals surface area contributed by atoms with Gasteiger partial charge in [0.15, 0.2) is 0 Å². The van der Waals surface area contributed by atoms with Crippen LogP contribution in [0.2, 0.25) is 0 Å². The molecule has 1 aromatic rings. The molecule has 0 atom stereocenters. The highest BCUT2D eigenvalue weighted by molar-refractivity contribution is 8.27. The van der Waals surface area contributed by atoms with Crippen LogP contribution in [-0.2, 0) is 6.42 Å². The van der Waals surface area contributed by atoms with Crippen molar-refractivity contribution < 1.29 is 14.2 Å². The van der Waals surface area contributed by atoms with E-state index >= 15 is 0 Å².